The number of halogens is 1. The molecule has 0 amide bonds. The zero-order valence-corrected chi connectivity index (χ0v) is 7.57. The molecule has 0 fully saturated rings. The van der Waals surface area contributed by atoms with Crippen molar-refractivity contribution in [3.8, 4) is 0 Å². The van der Waals surface area contributed by atoms with Gasteiger partial charge in [0, 0.05) is 18.8 Å². The first kappa shape index (κ1) is 8.87. The number of nitrogen functional groups attached to an aromatic ring is 1. The summed E-state index contributed by atoms with van der Waals surface area (Å²) in [6.45, 7) is 0.692. The van der Waals surface area contributed by atoms with Crippen LogP contribution < -0.4 is 5.73 Å². The normalized spacial score (nSPS) is 15.4. The van der Waals surface area contributed by atoms with Crippen LogP contribution in [-0.2, 0) is 0 Å². The molecule has 0 spiro atoms. The van der Waals surface area contributed by atoms with E-state index in [0.29, 0.717) is 17.9 Å². The van der Waals surface area contributed by atoms with E-state index in [4.69, 9.17) is 5.73 Å². The van der Waals surface area contributed by atoms with Gasteiger partial charge in [-0.2, -0.15) is 0 Å². The third-order valence-electron chi connectivity index (χ3n) is 2.06. The van der Waals surface area contributed by atoms with E-state index in [-0.39, 0.29) is 5.82 Å². The standard InChI is InChI=1S/C10H10FN3/c11-9-5-8(12)6-14-10(9)7-1-3-13-4-2-7/h1,3,5-6H,2,4,12H2. The zero-order valence-electron chi connectivity index (χ0n) is 7.57. The molecule has 4 heteroatoms. The summed E-state index contributed by atoms with van der Waals surface area (Å²) in [5.41, 5.74) is 7.01. The van der Waals surface area contributed by atoms with Crippen molar-refractivity contribution in [3.05, 3.63) is 29.9 Å². The Morgan fingerprint density at radius 1 is 1.43 bits per heavy atom. The van der Waals surface area contributed by atoms with Crippen LogP contribution in [0, 0.1) is 5.82 Å². The van der Waals surface area contributed by atoms with Gasteiger partial charge in [-0.05, 0) is 18.1 Å². The summed E-state index contributed by atoms with van der Waals surface area (Å²) in [5.74, 6) is -0.369. The minimum Gasteiger partial charge on any atom is -0.397 e. The maximum absolute atomic E-state index is 13.4. The van der Waals surface area contributed by atoms with E-state index in [1.165, 1.54) is 12.3 Å². The Kier molecular flexibility index (Phi) is 2.26. The molecule has 0 bridgehead atoms. The molecule has 1 aromatic rings. The molecule has 0 saturated heterocycles. The van der Waals surface area contributed by atoms with Gasteiger partial charge in [0.2, 0.25) is 0 Å². The Balaban J connectivity index is 2.41. The molecule has 0 saturated carbocycles. The molecule has 0 atom stereocenters. The molecule has 3 nitrogen and oxygen atoms in total. The van der Waals surface area contributed by atoms with Crippen molar-refractivity contribution in [1.29, 1.82) is 0 Å². The fourth-order valence-corrected chi connectivity index (χ4v) is 1.37. The van der Waals surface area contributed by atoms with E-state index in [2.05, 4.69) is 9.98 Å². The van der Waals surface area contributed by atoms with Crippen molar-refractivity contribution in [2.45, 2.75) is 6.42 Å². The average Bonchev–Trinajstić information content (AvgIpc) is 2.19. The number of rotatable bonds is 1. The van der Waals surface area contributed by atoms with Gasteiger partial charge in [0.15, 0.2) is 5.82 Å². The van der Waals surface area contributed by atoms with E-state index in [0.717, 1.165) is 12.0 Å². The maximum Gasteiger partial charge on any atom is 0.151 e. The SMILES string of the molecule is Nc1cnc(C2=CC=NCC2)c(F)c1. The number of pyridine rings is 1. The lowest BCUT2D eigenvalue weighted by Crippen LogP contribution is -2.01. The van der Waals surface area contributed by atoms with Gasteiger partial charge in [-0.1, -0.05) is 0 Å². The van der Waals surface area contributed by atoms with E-state index < -0.39 is 0 Å². The Bertz CT molecular complexity index is 410. The number of anilines is 1. The smallest absolute Gasteiger partial charge is 0.151 e. The third kappa shape index (κ3) is 1.64. The van der Waals surface area contributed by atoms with Crippen molar-refractivity contribution < 1.29 is 4.39 Å². The quantitative estimate of drug-likeness (QED) is 0.733. The van der Waals surface area contributed by atoms with Crippen LogP contribution >= 0.6 is 0 Å². The third-order valence-corrected chi connectivity index (χ3v) is 2.06. The molecular formula is C10H10FN3. The number of aliphatic imine (C=N–C) groups is 1. The van der Waals surface area contributed by atoms with Crippen LogP contribution in [0.3, 0.4) is 0 Å². The molecule has 1 aliphatic heterocycles. The minimum atomic E-state index is -0.369. The first-order valence-corrected chi connectivity index (χ1v) is 4.38. The highest BCUT2D eigenvalue weighted by Crippen LogP contribution is 2.21. The maximum atomic E-state index is 13.4. The van der Waals surface area contributed by atoms with Crippen LogP contribution in [0.4, 0.5) is 10.1 Å². The van der Waals surface area contributed by atoms with Crippen LogP contribution in [0.2, 0.25) is 0 Å². The lowest BCUT2D eigenvalue weighted by molar-refractivity contribution is 0.616. The van der Waals surface area contributed by atoms with Crippen molar-refractivity contribution in [1.82, 2.24) is 4.98 Å². The molecule has 0 unspecified atom stereocenters. The molecule has 1 aliphatic rings. The highest BCUT2D eigenvalue weighted by Gasteiger charge is 2.10. The van der Waals surface area contributed by atoms with Crippen molar-refractivity contribution in [2.24, 2.45) is 4.99 Å². The largest absolute Gasteiger partial charge is 0.397 e. The Hall–Kier alpha value is -1.71. The van der Waals surface area contributed by atoms with Crippen LogP contribution in [0.15, 0.2) is 23.3 Å². The molecule has 2 N–H and O–H groups in total. The van der Waals surface area contributed by atoms with E-state index in [9.17, 15) is 4.39 Å². The Morgan fingerprint density at radius 3 is 2.93 bits per heavy atom. The summed E-state index contributed by atoms with van der Waals surface area (Å²) in [4.78, 5) is 8.00. The summed E-state index contributed by atoms with van der Waals surface area (Å²) in [7, 11) is 0. The van der Waals surface area contributed by atoms with Gasteiger partial charge >= 0.3 is 0 Å². The van der Waals surface area contributed by atoms with Crippen molar-refractivity contribution in [2.75, 3.05) is 12.3 Å². The minimum absolute atomic E-state index is 0.344. The predicted octanol–water partition coefficient (Wildman–Crippen LogP) is 1.66. The van der Waals surface area contributed by atoms with Crippen molar-refractivity contribution >= 4 is 17.5 Å². The highest BCUT2D eigenvalue weighted by atomic mass is 19.1. The lowest BCUT2D eigenvalue weighted by Gasteiger charge is -2.08. The molecule has 14 heavy (non-hydrogen) atoms. The predicted molar refractivity (Wildman–Crippen MR) is 54.6 cm³/mol. The summed E-state index contributed by atoms with van der Waals surface area (Å²) in [6, 6.07) is 1.29. The van der Waals surface area contributed by atoms with E-state index in [1.807, 2.05) is 0 Å². The summed E-state index contributed by atoms with van der Waals surface area (Å²) in [6.07, 6.45) is 5.65. The Morgan fingerprint density at radius 2 is 2.29 bits per heavy atom. The summed E-state index contributed by atoms with van der Waals surface area (Å²) >= 11 is 0. The molecular weight excluding hydrogens is 181 g/mol. The molecule has 0 radical (unpaired) electrons. The fourth-order valence-electron chi connectivity index (χ4n) is 1.37. The number of hydrogen-bond donors (Lipinski definition) is 1. The number of nitrogens with two attached hydrogens (primary N) is 1. The van der Waals surface area contributed by atoms with Gasteiger partial charge in [0.1, 0.15) is 5.69 Å². The van der Waals surface area contributed by atoms with Crippen LogP contribution in [0.5, 0.6) is 0 Å². The number of hydrogen-bond acceptors (Lipinski definition) is 3. The zero-order chi connectivity index (χ0) is 9.97. The summed E-state index contributed by atoms with van der Waals surface area (Å²) in [5, 5.41) is 0. The fraction of sp³-hybridized carbons (Fsp3) is 0.200. The van der Waals surface area contributed by atoms with Crippen LogP contribution in [-0.4, -0.2) is 17.7 Å². The van der Waals surface area contributed by atoms with Gasteiger partial charge in [0.25, 0.3) is 0 Å². The highest BCUT2D eigenvalue weighted by molar-refractivity contribution is 5.85. The van der Waals surface area contributed by atoms with Gasteiger partial charge in [0.05, 0.1) is 11.9 Å². The Labute approximate surface area is 81.2 Å². The number of nitrogens with zero attached hydrogens (tertiary/aromatic N) is 2. The number of aromatic nitrogens is 1. The van der Waals surface area contributed by atoms with Gasteiger partial charge < -0.3 is 5.73 Å². The number of allylic oxidation sites excluding steroid dienone is 1. The van der Waals surface area contributed by atoms with Gasteiger partial charge in [-0.25, -0.2) is 4.39 Å². The first-order chi connectivity index (χ1) is 6.77. The topological polar surface area (TPSA) is 51.3 Å². The molecule has 0 aliphatic carbocycles. The lowest BCUT2D eigenvalue weighted by atomic mass is 10.1. The second-order valence-corrected chi connectivity index (χ2v) is 3.10. The second-order valence-electron chi connectivity index (χ2n) is 3.10. The molecule has 72 valence electrons. The molecule has 0 aromatic carbocycles. The molecule has 1 aromatic heterocycles. The van der Waals surface area contributed by atoms with Crippen LogP contribution in [0.1, 0.15) is 12.1 Å². The van der Waals surface area contributed by atoms with Gasteiger partial charge in [-0.3, -0.25) is 9.98 Å². The average molecular weight is 191 g/mol. The van der Waals surface area contributed by atoms with E-state index >= 15 is 0 Å². The monoisotopic (exact) mass is 191 g/mol. The van der Waals surface area contributed by atoms with Crippen molar-refractivity contribution in [3.63, 3.8) is 0 Å². The molecule has 2 rings (SSSR count). The van der Waals surface area contributed by atoms with Gasteiger partial charge in [-0.15, -0.1) is 0 Å². The number of dihydropyridines is 1. The second kappa shape index (κ2) is 3.57. The summed E-state index contributed by atoms with van der Waals surface area (Å²) < 4.78 is 13.4. The first-order valence-electron chi connectivity index (χ1n) is 4.38. The molecule has 2 heterocycles. The van der Waals surface area contributed by atoms with Crippen LogP contribution in [0.25, 0.3) is 5.57 Å². The van der Waals surface area contributed by atoms with E-state index in [1.54, 1.807) is 12.3 Å².